The van der Waals surface area contributed by atoms with E-state index in [0.717, 1.165) is 23.1 Å². The van der Waals surface area contributed by atoms with Crippen molar-refractivity contribution in [3.63, 3.8) is 0 Å². The highest BCUT2D eigenvalue weighted by Gasteiger charge is 2.32. The van der Waals surface area contributed by atoms with Gasteiger partial charge in [0.05, 0.1) is 31.3 Å². The van der Waals surface area contributed by atoms with Crippen LogP contribution in [0.5, 0.6) is 5.75 Å². The standard InChI is InChI=1S/C19H24N2O4S/c1-13-8-17(9-14(2)19(13)24-3)26(22,23)21-18-12-25-11-16(18)10-15-4-6-20-7-5-15/h4-9,16,18,21H,10-12H2,1-3H3/t16-,18+/m1/s1. The zero-order valence-electron chi connectivity index (χ0n) is 15.2. The molecule has 1 saturated heterocycles. The van der Waals surface area contributed by atoms with Crippen molar-refractivity contribution >= 4 is 10.0 Å². The summed E-state index contributed by atoms with van der Waals surface area (Å²) in [4.78, 5) is 4.27. The van der Waals surface area contributed by atoms with Crippen LogP contribution in [-0.4, -0.2) is 39.8 Å². The lowest BCUT2D eigenvalue weighted by Crippen LogP contribution is -2.40. The number of hydrogen-bond donors (Lipinski definition) is 1. The van der Waals surface area contributed by atoms with Crippen molar-refractivity contribution in [2.75, 3.05) is 20.3 Å². The van der Waals surface area contributed by atoms with E-state index in [9.17, 15) is 8.42 Å². The van der Waals surface area contributed by atoms with Gasteiger partial charge in [-0.15, -0.1) is 0 Å². The Morgan fingerprint density at radius 1 is 1.19 bits per heavy atom. The molecular formula is C19H24N2O4S. The van der Waals surface area contributed by atoms with E-state index in [1.807, 2.05) is 26.0 Å². The Morgan fingerprint density at radius 2 is 1.85 bits per heavy atom. The number of nitrogens with one attached hydrogen (secondary N) is 1. The lowest BCUT2D eigenvalue weighted by molar-refractivity contribution is 0.183. The van der Waals surface area contributed by atoms with E-state index in [1.54, 1.807) is 31.6 Å². The number of methoxy groups -OCH3 is 1. The summed E-state index contributed by atoms with van der Waals surface area (Å²) in [5.74, 6) is 0.802. The maximum atomic E-state index is 12.9. The van der Waals surface area contributed by atoms with Crippen LogP contribution in [-0.2, 0) is 21.2 Å². The molecule has 1 aliphatic rings. The number of aromatic nitrogens is 1. The molecule has 1 aromatic carbocycles. The normalized spacial score (nSPS) is 20.3. The smallest absolute Gasteiger partial charge is 0.240 e. The quantitative estimate of drug-likeness (QED) is 0.837. The van der Waals surface area contributed by atoms with Gasteiger partial charge in [0, 0.05) is 18.3 Å². The molecular weight excluding hydrogens is 352 g/mol. The summed E-state index contributed by atoms with van der Waals surface area (Å²) >= 11 is 0. The highest BCUT2D eigenvalue weighted by Crippen LogP contribution is 2.27. The van der Waals surface area contributed by atoms with Gasteiger partial charge in [0.2, 0.25) is 10.0 Å². The minimum Gasteiger partial charge on any atom is -0.496 e. The van der Waals surface area contributed by atoms with Gasteiger partial charge >= 0.3 is 0 Å². The predicted molar refractivity (Wildman–Crippen MR) is 98.8 cm³/mol. The van der Waals surface area contributed by atoms with E-state index >= 15 is 0 Å². The fourth-order valence-electron chi connectivity index (χ4n) is 3.41. The van der Waals surface area contributed by atoms with Crippen molar-refractivity contribution in [2.45, 2.75) is 31.2 Å². The van der Waals surface area contributed by atoms with Gasteiger partial charge in [-0.2, -0.15) is 0 Å². The molecule has 1 N–H and O–H groups in total. The monoisotopic (exact) mass is 376 g/mol. The van der Waals surface area contributed by atoms with Crippen molar-refractivity contribution in [3.05, 3.63) is 53.3 Å². The first kappa shape index (κ1) is 18.8. The first-order valence-electron chi connectivity index (χ1n) is 8.55. The number of pyridine rings is 1. The van der Waals surface area contributed by atoms with Gasteiger partial charge < -0.3 is 9.47 Å². The third kappa shape index (κ3) is 4.06. The SMILES string of the molecule is COc1c(C)cc(S(=O)(=O)N[C@H]2COC[C@H]2Cc2ccncc2)cc1C. The molecule has 0 bridgehead atoms. The molecule has 2 heterocycles. The van der Waals surface area contributed by atoms with Crippen molar-refractivity contribution in [1.82, 2.24) is 9.71 Å². The number of rotatable bonds is 6. The second-order valence-electron chi connectivity index (χ2n) is 6.68. The largest absolute Gasteiger partial charge is 0.496 e. The van der Waals surface area contributed by atoms with E-state index in [4.69, 9.17) is 9.47 Å². The van der Waals surface area contributed by atoms with Gasteiger partial charge in [-0.05, 0) is 61.2 Å². The Hall–Kier alpha value is -1.96. The molecule has 1 aromatic heterocycles. The summed E-state index contributed by atoms with van der Waals surface area (Å²) in [6.07, 6.45) is 4.23. The van der Waals surface area contributed by atoms with Gasteiger partial charge in [0.15, 0.2) is 0 Å². The van der Waals surface area contributed by atoms with Gasteiger partial charge in [0.1, 0.15) is 5.75 Å². The Kier molecular flexibility index (Phi) is 5.60. The summed E-state index contributed by atoms with van der Waals surface area (Å²) < 4.78 is 39.4. The number of ether oxygens (including phenoxy) is 2. The third-order valence-electron chi connectivity index (χ3n) is 4.70. The van der Waals surface area contributed by atoms with Crippen LogP contribution in [0.1, 0.15) is 16.7 Å². The first-order chi connectivity index (χ1) is 12.4. The minimum absolute atomic E-state index is 0.0904. The number of nitrogens with zero attached hydrogens (tertiary/aromatic N) is 1. The van der Waals surface area contributed by atoms with Crippen LogP contribution >= 0.6 is 0 Å². The molecule has 0 radical (unpaired) electrons. The van der Waals surface area contributed by atoms with Crippen LogP contribution in [0.2, 0.25) is 0 Å². The molecule has 7 heteroatoms. The summed E-state index contributed by atoms with van der Waals surface area (Å²) in [5, 5.41) is 0. The number of hydrogen-bond acceptors (Lipinski definition) is 5. The lowest BCUT2D eigenvalue weighted by Gasteiger charge is -2.20. The maximum Gasteiger partial charge on any atom is 0.240 e. The highest BCUT2D eigenvalue weighted by molar-refractivity contribution is 7.89. The van der Waals surface area contributed by atoms with Crippen LogP contribution in [0.15, 0.2) is 41.6 Å². The Bertz CT molecular complexity index is 845. The highest BCUT2D eigenvalue weighted by atomic mass is 32.2. The fourth-order valence-corrected chi connectivity index (χ4v) is 4.87. The summed E-state index contributed by atoms with van der Waals surface area (Å²) in [6, 6.07) is 6.92. The zero-order valence-corrected chi connectivity index (χ0v) is 16.0. The van der Waals surface area contributed by atoms with Crippen molar-refractivity contribution in [2.24, 2.45) is 5.92 Å². The molecule has 26 heavy (non-hydrogen) atoms. The number of aryl methyl sites for hydroxylation is 2. The van der Waals surface area contributed by atoms with Crippen LogP contribution < -0.4 is 9.46 Å². The van der Waals surface area contributed by atoms with Crippen molar-refractivity contribution in [3.8, 4) is 5.75 Å². The van der Waals surface area contributed by atoms with Gasteiger partial charge in [-0.3, -0.25) is 4.98 Å². The van der Waals surface area contributed by atoms with Gasteiger partial charge in [0.25, 0.3) is 0 Å². The lowest BCUT2D eigenvalue weighted by atomic mass is 9.96. The van der Waals surface area contributed by atoms with E-state index < -0.39 is 10.0 Å². The molecule has 0 unspecified atom stereocenters. The Labute approximate surface area is 154 Å². The molecule has 2 aromatic rings. The van der Waals surface area contributed by atoms with Crippen LogP contribution in [0, 0.1) is 19.8 Å². The van der Waals surface area contributed by atoms with Crippen LogP contribution in [0.4, 0.5) is 0 Å². The maximum absolute atomic E-state index is 12.9. The van der Waals surface area contributed by atoms with E-state index in [-0.39, 0.29) is 16.9 Å². The average molecular weight is 376 g/mol. The molecule has 0 amide bonds. The number of benzene rings is 1. The molecule has 1 fully saturated rings. The van der Waals surface area contributed by atoms with Crippen molar-refractivity contribution in [1.29, 1.82) is 0 Å². The molecule has 140 valence electrons. The Balaban J connectivity index is 1.78. The molecule has 0 spiro atoms. The van der Waals surface area contributed by atoms with Gasteiger partial charge in [-0.25, -0.2) is 13.1 Å². The van der Waals surface area contributed by atoms with Gasteiger partial charge in [-0.1, -0.05) is 0 Å². The molecule has 1 aliphatic heterocycles. The minimum atomic E-state index is -3.64. The zero-order chi connectivity index (χ0) is 18.7. The van der Waals surface area contributed by atoms with Crippen LogP contribution in [0.3, 0.4) is 0 Å². The average Bonchev–Trinajstić information content (AvgIpc) is 3.01. The van der Waals surface area contributed by atoms with E-state index in [0.29, 0.717) is 19.0 Å². The molecule has 6 nitrogen and oxygen atoms in total. The molecule has 2 atom stereocenters. The molecule has 0 saturated carbocycles. The van der Waals surface area contributed by atoms with Crippen molar-refractivity contribution < 1.29 is 17.9 Å². The summed E-state index contributed by atoms with van der Waals surface area (Å²) in [6.45, 7) is 4.60. The first-order valence-corrected chi connectivity index (χ1v) is 10.0. The third-order valence-corrected chi connectivity index (χ3v) is 6.17. The van der Waals surface area contributed by atoms with Crippen LogP contribution in [0.25, 0.3) is 0 Å². The van der Waals surface area contributed by atoms with E-state index in [1.165, 1.54) is 0 Å². The second kappa shape index (κ2) is 7.73. The number of sulfonamides is 1. The molecule has 3 rings (SSSR count). The Morgan fingerprint density at radius 3 is 2.46 bits per heavy atom. The van der Waals surface area contributed by atoms with E-state index in [2.05, 4.69) is 9.71 Å². The predicted octanol–water partition coefficient (Wildman–Crippen LogP) is 2.24. The fraction of sp³-hybridized carbons (Fsp3) is 0.421. The molecule has 0 aliphatic carbocycles. The summed E-state index contributed by atoms with van der Waals surface area (Å²) in [5.41, 5.74) is 2.71. The topological polar surface area (TPSA) is 77.5 Å². The summed E-state index contributed by atoms with van der Waals surface area (Å²) in [7, 11) is -2.05. The second-order valence-corrected chi connectivity index (χ2v) is 8.39.